The van der Waals surface area contributed by atoms with Gasteiger partial charge in [-0.2, -0.15) is 0 Å². The van der Waals surface area contributed by atoms with E-state index in [9.17, 15) is 9.18 Å². The van der Waals surface area contributed by atoms with Crippen molar-refractivity contribution < 1.29 is 23.0 Å². The van der Waals surface area contributed by atoms with Gasteiger partial charge in [-0.05, 0) is 85.5 Å². The van der Waals surface area contributed by atoms with Crippen LogP contribution in [0.2, 0.25) is 0 Å². The maximum absolute atomic E-state index is 15.3. The first-order chi connectivity index (χ1) is 16.2. The largest absolute Gasteiger partial charge is 0.497 e. The molecular formula is C27H32F2N2O3. The van der Waals surface area contributed by atoms with Crippen LogP contribution in [0.3, 0.4) is 0 Å². The molecule has 0 unspecified atom stereocenters. The molecule has 2 aromatic rings. The molecule has 3 saturated heterocycles. The Morgan fingerprint density at radius 1 is 1.09 bits per heavy atom. The van der Waals surface area contributed by atoms with Gasteiger partial charge in [0.05, 0.1) is 13.2 Å². The van der Waals surface area contributed by atoms with Crippen molar-refractivity contribution in [2.45, 2.75) is 51.7 Å². The van der Waals surface area contributed by atoms with E-state index in [-0.39, 0.29) is 22.6 Å². The maximum Gasteiger partial charge on any atom is 0.407 e. The molecule has 5 nitrogen and oxygen atoms in total. The third kappa shape index (κ3) is 4.26. The van der Waals surface area contributed by atoms with E-state index in [1.54, 1.807) is 12.1 Å². The quantitative estimate of drug-likeness (QED) is 0.644. The van der Waals surface area contributed by atoms with E-state index in [0.717, 1.165) is 56.4 Å². The van der Waals surface area contributed by atoms with Crippen LogP contribution < -0.4 is 10.1 Å². The van der Waals surface area contributed by atoms with Crippen molar-refractivity contribution in [2.75, 3.05) is 26.7 Å². The molecule has 2 atom stereocenters. The Bertz CT molecular complexity index is 1100. The Labute approximate surface area is 199 Å². The minimum atomic E-state index is -0.537. The molecule has 0 spiro atoms. The lowest BCUT2D eigenvalue weighted by molar-refractivity contribution is -0.0353. The second-order valence-corrected chi connectivity index (χ2v) is 10.5. The number of nitrogens with zero attached hydrogens (tertiary/aromatic N) is 1. The number of amides is 1. The third-order valence-corrected chi connectivity index (χ3v) is 7.94. The Morgan fingerprint density at radius 2 is 1.82 bits per heavy atom. The standard InChI is InChI=1S/C27H32F2N2O3/c1-27(2)9-6-17-12-21(19-5-4-18(33-3)13-22(19)28)23(29)14-20(17)25(27)30-26(32)34-24-15-31-10-7-16(24)8-11-31/h4-5,12-14,16,24-25H,6-11,15H2,1-3H3,(H,30,32)/t24-,25-/m0/s1. The second kappa shape index (κ2) is 8.84. The highest BCUT2D eigenvalue weighted by Gasteiger charge is 2.40. The van der Waals surface area contributed by atoms with E-state index in [0.29, 0.717) is 11.7 Å². The first-order valence-electron chi connectivity index (χ1n) is 12.1. The summed E-state index contributed by atoms with van der Waals surface area (Å²) in [6.07, 6.45) is 3.11. The molecule has 2 bridgehead atoms. The molecule has 182 valence electrons. The van der Waals surface area contributed by atoms with Crippen LogP contribution in [0, 0.1) is 23.0 Å². The van der Waals surface area contributed by atoms with Crippen molar-refractivity contribution in [3.8, 4) is 16.9 Å². The van der Waals surface area contributed by atoms with E-state index in [1.165, 1.54) is 25.3 Å². The highest BCUT2D eigenvalue weighted by atomic mass is 19.1. The number of fused-ring (bicyclic) bond motifs is 4. The van der Waals surface area contributed by atoms with E-state index in [4.69, 9.17) is 9.47 Å². The van der Waals surface area contributed by atoms with Crippen LogP contribution in [0.1, 0.15) is 50.3 Å². The van der Waals surface area contributed by atoms with E-state index in [2.05, 4.69) is 24.1 Å². The first-order valence-corrected chi connectivity index (χ1v) is 12.1. The fourth-order valence-electron chi connectivity index (χ4n) is 5.80. The normalized spacial score (nSPS) is 27.1. The number of rotatable bonds is 4. The lowest BCUT2D eigenvalue weighted by Gasteiger charge is -2.44. The summed E-state index contributed by atoms with van der Waals surface area (Å²) >= 11 is 0. The predicted octanol–water partition coefficient (Wildman–Crippen LogP) is 5.47. The van der Waals surface area contributed by atoms with Gasteiger partial charge in [0.15, 0.2) is 0 Å². The smallest absolute Gasteiger partial charge is 0.407 e. The number of nitrogens with one attached hydrogen (secondary N) is 1. The van der Waals surface area contributed by atoms with Crippen molar-refractivity contribution in [3.63, 3.8) is 0 Å². The first kappa shape index (κ1) is 23.1. The zero-order valence-corrected chi connectivity index (χ0v) is 20.0. The molecule has 0 radical (unpaired) electrons. The van der Waals surface area contributed by atoms with Crippen molar-refractivity contribution in [1.29, 1.82) is 0 Å². The lowest BCUT2D eigenvalue weighted by atomic mass is 9.70. The summed E-state index contributed by atoms with van der Waals surface area (Å²) in [7, 11) is 1.46. The molecule has 0 aromatic heterocycles. The van der Waals surface area contributed by atoms with Gasteiger partial charge in [-0.25, -0.2) is 13.6 Å². The summed E-state index contributed by atoms with van der Waals surface area (Å²) in [4.78, 5) is 15.3. The zero-order valence-electron chi connectivity index (χ0n) is 20.0. The second-order valence-electron chi connectivity index (χ2n) is 10.5. The van der Waals surface area contributed by atoms with Crippen molar-refractivity contribution in [3.05, 3.63) is 53.1 Å². The summed E-state index contributed by atoms with van der Waals surface area (Å²) in [5.74, 6) is -0.253. The molecule has 3 aliphatic heterocycles. The van der Waals surface area contributed by atoms with E-state index in [1.807, 2.05) is 0 Å². The van der Waals surface area contributed by atoms with Crippen LogP contribution >= 0.6 is 0 Å². The molecule has 1 N–H and O–H groups in total. The number of ether oxygens (including phenoxy) is 2. The maximum atomic E-state index is 15.3. The van der Waals surface area contributed by atoms with Crippen LogP contribution in [0.15, 0.2) is 30.3 Å². The molecule has 0 saturated carbocycles. The lowest BCUT2D eigenvalue weighted by Crippen LogP contribution is -2.53. The monoisotopic (exact) mass is 470 g/mol. The summed E-state index contributed by atoms with van der Waals surface area (Å²) < 4.78 is 40.9. The van der Waals surface area contributed by atoms with Gasteiger partial charge in [0.25, 0.3) is 0 Å². The number of hydrogen-bond donors (Lipinski definition) is 1. The number of alkyl carbamates (subject to hydrolysis) is 1. The molecule has 6 rings (SSSR count). The van der Waals surface area contributed by atoms with Gasteiger partial charge >= 0.3 is 6.09 Å². The van der Waals surface area contributed by atoms with Crippen LogP contribution in [0.25, 0.3) is 11.1 Å². The Kier molecular flexibility index (Phi) is 6.00. The summed E-state index contributed by atoms with van der Waals surface area (Å²) in [6.45, 7) is 7.08. The summed E-state index contributed by atoms with van der Waals surface area (Å²) in [6, 6.07) is 7.19. The van der Waals surface area contributed by atoms with Gasteiger partial charge in [-0.1, -0.05) is 13.8 Å². The van der Waals surface area contributed by atoms with Crippen LogP contribution in [0.4, 0.5) is 13.6 Å². The highest BCUT2D eigenvalue weighted by Crippen LogP contribution is 2.45. The van der Waals surface area contributed by atoms with Crippen LogP contribution in [0.5, 0.6) is 5.75 Å². The van der Waals surface area contributed by atoms with Crippen molar-refractivity contribution >= 4 is 6.09 Å². The molecule has 2 aromatic carbocycles. The van der Waals surface area contributed by atoms with Gasteiger partial charge in [-0.15, -0.1) is 0 Å². The average molecular weight is 471 g/mol. The van der Waals surface area contributed by atoms with Crippen LogP contribution in [-0.4, -0.2) is 43.8 Å². The molecular weight excluding hydrogens is 438 g/mol. The van der Waals surface area contributed by atoms with Crippen molar-refractivity contribution in [1.82, 2.24) is 10.2 Å². The fraction of sp³-hybridized carbons (Fsp3) is 0.519. The molecule has 3 heterocycles. The predicted molar refractivity (Wildman–Crippen MR) is 126 cm³/mol. The Balaban J connectivity index is 1.40. The number of benzene rings is 2. The van der Waals surface area contributed by atoms with Gasteiger partial charge in [0.1, 0.15) is 23.5 Å². The number of carbonyl (C=O) groups is 1. The number of hydrogen-bond acceptors (Lipinski definition) is 4. The molecule has 1 aliphatic carbocycles. The van der Waals surface area contributed by atoms with Gasteiger partial charge < -0.3 is 14.8 Å². The Hall–Kier alpha value is -2.67. The minimum absolute atomic E-state index is 0.0918. The minimum Gasteiger partial charge on any atom is -0.497 e. The zero-order chi connectivity index (χ0) is 24.0. The number of piperidine rings is 3. The third-order valence-electron chi connectivity index (χ3n) is 7.94. The van der Waals surface area contributed by atoms with E-state index < -0.39 is 23.8 Å². The highest BCUT2D eigenvalue weighted by molar-refractivity contribution is 5.70. The fourth-order valence-corrected chi connectivity index (χ4v) is 5.80. The summed E-state index contributed by atoms with van der Waals surface area (Å²) in [5.41, 5.74) is 1.78. The molecule has 7 heteroatoms. The summed E-state index contributed by atoms with van der Waals surface area (Å²) in [5, 5.41) is 3.05. The molecule has 34 heavy (non-hydrogen) atoms. The number of aryl methyl sites for hydroxylation is 1. The number of methoxy groups -OCH3 is 1. The average Bonchev–Trinajstić information content (AvgIpc) is 2.82. The molecule has 4 aliphatic rings. The van der Waals surface area contributed by atoms with Gasteiger partial charge in [0, 0.05) is 23.7 Å². The Morgan fingerprint density at radius 3 is 2.47 bits per heavy atom. The molecule has 1 amide bonds. The molecule has 3 fully saturated rings. The number of carbonyl (C=O) groups excluding carboxylic acids is 1. The number of halogens is 2. The topological polar surface area (TPSA) is 50.8 Å². The van der Waals surface area contributed by atoms with Crippen LogP contribution in [-0.2, 0) is 11.2 Å². The van der Waals surface area contributed by atoms with Crippen molar-refractivity contribution in [2.24, 2.45) is 11.3 Å². The van der Waals surface area contributed by atoms with E-state index >= 15 is 4.39 Å². The van der Waals surface area contributed by atoms with Gasteiger partial charge in [0.2, 0.25) is 0 Å². The van der Waals surface area contributed by atoms with Gasteiger partial charge in [-0.3, -0.25) is 4.90 Å². The SMILES string of the molecule is COc1ccc(-c2cc3c(cc2F)[C@H](NC(=O)O[C@H]2CN4CCC2CC4)C(C)(C)CC3)c(F)c1.